The van der Waals surface area contributed by atoms with Crippen molar-refractivity contribution in [3.63, 3.8) is 0 Å². The third kappa shape index (κ3) is 2.88. The Morgan fingerprint density at radius 2 is 2.24 bits per heavy atom. The topological polar surface area (TPSA) is 39.2 Å². The Balaban J connectivity index is 3.25. The fourth-order valence-electron chi connectivity index (χ4n) is 1.20. The molecule has 0 bridgehead atoms. The number of alkyl halides is 3. The molecule has 94 valence electrons. The quantitative estimate of drug-likeness (QED) is 0.622. The summed E-state index contributed by atoms with van der Waals surface area (Å²) in [6.07, 6.45) is -2.40. The minimum Gasteiger partial charge on any atom is -0.461 e. The van der Waals surface area contributed by atoms with Gasteiger partial charge in [0, 0.05) is 11.8 Å². The van der Waals surface area contributed by atoms with Crippen LogP contribution in [-0.2, 0) is 10.6 Å². The molecule has 0 radical (unpaired) electrons. The van der Waals surface area contributed by atoms with E-state index in [0.717, 1.165) is 0 Å². The van der Waals surface area contributed by atoms with E-state index < -0.39 is 29.7 Å². The second-order valence-corrected chi connectivity index (χ2v) is 3.28. The predicted octanol–water partition coefficient (Wildman–Crippen LogP) is 3.07. The summed E-state index contributed by atoms with van der Waals surface area (Å²) >= 11 is 5.43. The zero-order valence-corrected chi connectivity index (χ0v) is 9.60. The van der Waals surface area contributed by atoms with E-state index in [4.69, 9.17) is 11.6 Å². The molecule has 0 aliphatic rings. The van der Waals surface area contributed by atoms with Crippen molar-refractivity contribution >= 4 is 17.6 Å². The molecule has 0 saturated heterocycles. The van der Waals surface area contributed by atoms with Crippen LogP contribution in [0.5, 0.6) is 0 Å². The summed E-state index contributed by atoms with van der Waals surface area (Å²) in [5, 5.41) is 0. The van der Waals surface area contributed by atoms with Crippen molar-refractivity contribution in [2.45, 2.75) is 19.2 Å². The molecule has 3 nitrogen and oxygen atoms in total. The molecule has 0 fully saturated rings. The van der Waals surface area contributed by atoms with Crippen molar-refractivity contribution in [3.05, 3.63) is 28.8 Å². The molecule has 0 N–H and O–H groups in total. The molecule has 0 atom stereocenters. The van der Waals surface area contributed by atoms with Gasteiger partial charge in [-0.05, 0) is 6.92 Å². The number of aromatic nitrogens is 1. The fraction of sp³-hybridized carbons (Fsp3) is 0.400. The van der Waals surface area contributed by atoms with Crippen LogP contribution in [0.4, 0.5) is 13.2 Å². The van der Waals surface area contributed by atoms with Gasteiger partial charge in [0.25, 0.3) is 6.43 Å². The molecular formula is C10H9ClF3NO2. The lowest BCUT2D eigenvalue weighted by Crippen LogP contribution is -2.13. The minimum absolute atomic E-state index is 0.0699. The van der Waals surface area contributed by atoms with E-state index in [1.54, 1.807) is 6.92 Å². The van der Waals surface area contributed by atoms with Gasteiger partial charge in [0.15, 0.2) is 5.69 Å². The monoisotopic (exact) mass is 267 g/mol. The van der Waals surface area contributed by atoms with Gasteiger partial charge in [0.1, 0.15) is 5.82 Å². The number of carbonyl (C=O) groups is 1. The first-order chi connectivity index (χ1) is 8.02. The summed E-state index contributed by atoms with van der Waals surface area (Å²) in [5.74, 6) is -2.54. The van der Waals surface area contributed by atoms with E-state index in [0.29, 0.717) is 6.20 Å². The molecule has 1 aromatic heterocycles. The first-order valence-corrected chi connectivity index (χ1v) is 5.24. The van der Waals surface area contributed by atoms with Gasteiger partial charge in [-0.1, -0.05) is 0 Å². The molecule has 7 heteroatoms. The Morgan fingerprint density at radius 3 is 2.71 bits per heavy atom. The van der Waals surface area contributed by atoms with Gasteiger partial charge >= 0.3 is 5.97 Å². The first kappa shape index (κ1) is 13.8. The Kier molecular flexibility index (Phi) is 4.74. The zero-order valence-electron chi connectivity index (χ0n) is 8.84. The lowest BCUT2D eigenvalue weighted by Gasteiger charge is -2.09. The van der Waals surface area contributed by atoms with Gasteiger partial charge in [0.2, 0.25) is 0 Å². The highest BCUT2D eigenvalue weighted by Gasteiger charge is 2.23. The van der Waals surface area contributed by atoms with E-state index in [-0.39, 0.29) is 17.9 Å². The van der Waals surface area contributed by atoms with Crippen molar-refractivity contribution in [1.29, 1.82) is 0 Å². The van der Waals surface area contributed by atoms with Crippen molar-refractivity contribution in [2.75, 3.05) is 6.61 Å². The Bertz CT molecular complexity index is 426. The molecule has 0 aliphatic carbocycles. The molecule has 0 spiro atoms. The third-order valence-corrected chi connectivity index (χ3v) is 2.24. The van der Waals surface area contributed by atoms with E-state index in [1.807, 2.05) is 0 Å². The van der Waals surface area contributed by atoms with Gasteiger partial charge in [-0.3, -0.25) is 0 Å². The summed E-state index contributed by atoms with van der Waals surface area (Å²) in [6, 6.07) is 0. The maximum absolute atomic E-state index is 13.6. The van der Waals surface area contributed by atoms with Gasteiger partial charge in [0.05, 0.1) is 18.1 Å². The molecule has 1 heterocycles. The van der Waals surface area contributed by atoms with Gasteiger partial charge in [-0.15, -0.1) is 11.6 Å². The number of pyridine rings is 1. The highest BCUT2D eigenvalue weighted by molar-refractivity contribution is 6.17. The van der Waals surface area contributed by atoms with Crippen LogP contribution in [0.2, 0.25) is 0 Å². The van der Waals surface area contributed by atoms with Gasteiger partial charge in [-0.2, -0.15) is 0 Å². The van der Waals surface area contributed by atoms with Crippen molar-refractivity contribution in [2.24, 2.45) is 0 Å². The predicted molar refractivity (Wildman–Crippen MR) is 54.7 cm³/mol. The summed E-state index contributed by atoms with van der Waals surface area (Å²) in [6.45, 7) is 1.63. The molecule has 1 rings (SSSR count). The third-order valence-electron chi connectivity index (χ3n) is 1.97. The van der Waals surface area contributed by atoms with Crippen LogP contribution >= 0.6 is 11.6 Å². The second-order valence-electron chi connectivity index (χ2n) is 3.01. The molecule has 0 saturated carbocycles. The van der Waals surface area contributed by atoms with Crippen LogP contribution in [0.3, 0.4) is 0 Å². The van der Waals surface area contributed by atoms with E-state index >= 15 is 0 Å². The van der Waals surface area contributed by atoms with E-state index in [1.165, 1.54) is 0 Å². The number of rotatable bonds is 4. The average molecular weight is 268 g/mol. The van der Waals surface area contributed by atoms with E-state index in [9.17, 15) is 18.0 Å². The second kappa shape index (κ2) is 5.86. The van der Waals surface area contributed by atoms with Gasteiger partial charge in [-0.25, -0.2) is 22.9 Å². The molecule has 17 heavy (non-hydrogen) atoms. The summed E-state index contributed by atoms with van der Waals surface area (Å²) in [5.41, 5.74) is -1.62. The van der Waals surface area contributed by atoms with Crippen LogP contribution in [0.25, 0.3) is 0 Å². The van der Waals surface area contributed by atoms with Crippen molar-refractivity contribution < 1.29 is 22.7 Å². The number of nitrogens with zero attached hydrogens (tertiary/aromatic N) is 1. The fourth-order valence-corrected chi connectivity index (χ4v) is 1.44. The number of hydrogen-bond donors (Lipinski definition) is 0. The van der Waals surface area contributed by atoms with Crippen LogP contribution in [0.15, 0.2) is 6.20 Å². The maximum atomic E-state index is 13.6. The average Bonchev–Trinajstić information content (AvgIpc) is 2.28. The molecule has 0 aliphatic heterocycles. The van der Waals surface area contributed by atoms with Gasteiger partial charge < -0.3 is 4.74 Å². The number of halogens is 4. The molecule has 1 aromatic rings. The van der Waals surface area contributed by atoms with E-state index in [2.05, 4.69) is 9.72 Å². The lowest BCUT2D eigenvalue weighted by molar-refractivity contribution is 0.0516. The lowest BCUT2D eigenvalue weighted by atomic mass is 10.1. The Morgan fingerprint density at radius 1 is 1.59 bits per heavy atom. The normalized spacial score (nSPS) is 10.7. The van der Waals surface area contributed by atoms with Crippen molar-refractivity contribution in [3.8, 4) is 0 Å². The first-order valence-electron chi connectivity index (χ1n) is 4.71. The SMILES string of the molecule is CCOC(=O)c1ncc(C(F)F)c(F)c1CCl. The largest absolute Gasteiger partial charge is 0.461 e. The molecule has 0 aromatic carbocycles. The summed E-state index contributed by atoms with van der Waals surface area (Å²) < 4.78 is 43.0. The number of carbonyl (C=O) groups excluding carboxylic acids is 1. The highest BCUT2D eigenvalue weighted by atomic mass is 35.5. The zero-order chi connectivity index (χ0) is 13.0. The minimum atomic E-state index is -3.01. The molecular weight excluding hydrogens is 259 g/mol. The van der Waals surface area contributed by atoms with Crippen LogP contribution in [0, 0.1) is 5.82 Å². The molecule has 0 unspecified atom stereocenters. The Hall–Kier alpha value is -1.30. The van der Waals surface area contributed by atoms with Crippen LogP contribution in [0.1, 0.15) is 35.0 Å². The number of ether oxygens (including phenoxy) is 1. The standard InChI is InChI=1S/C10H9ClF3NO2/c1-2-17-10(16)8-5(3-11)7(12)6(4-15-8)9(13)14/h4,9H,2-3H2,1H3. The smallest absolute Gasteiger partial charge is 0.357 e. The molecule has 0 amide bonds. The number of esters is 1. The summed E-state index contributed by atoms with van der Waals surface area (Å²) in [4.78, 5) is 14.8. The maximum Gasteiger partial charge on any atom is 0.357 e. The van der Waals surface area contributed by atoms with Crippen LogP contribution in [-0.4, -0.2) is 17.6 Å². The number of hydrogen-bond acceptors (Lipinski definition) is 3. The van der Waals surface area contributed by atoms with Crippen molar-refractivity contribution in [1.82, 2.24) is 4.98 Å². The highest BCUT2D eigenvalue weighted by Crippen LogP contribution is 2.26. The van der Waals surface area contributed by atoms with Crippen LogP contribution < -0.4 is 0 Å². The summed E-state index contributed by atoms with van der Waals surface area (Å²) in [7, 11) is 0. The Labute approximate surface area is 101 Å².